The molecule has 0 atom stereocenters. The first-order valence-electron chi connectivity index (χ1n) is 6.31. The van der Waals surface area contributed by atoms with Crippen LogP contribution in [0.4, 0.5) is 0 Å². The molecule has 1 aromatic carbocycles. The largest absolute Gasteiger partial charge is 0.472 e. The van der Waals surface area contributed by atoms with Crippen LogP contribution in [-0.2, 0) is 11.3 Å². The number of ether oxygens (including phenoxy) is 1. The van der Waals surface area contributed by atoms with E-state index in [1.165, 1.54) is 12.5 Å². The molecule has 0 aliphatic carbocycles. The Hall–Kier alpha value is -2.89. The number of aromatic nitrogens is 2. The maximum absolute atomic E-state index is 11.9. The second kappa shape index (κ2) is 5.62. The van der Waals surface area contributed by atoms with Crippen molar-refractivity contribution in [3.8, 4) is 11.5 Å². The maximum Gasteiger partial charge on any atom is 0.338 e. The van der Waals surface area contributed by atoms with Crippen molar-refractivity contribution < 1.29 is 18.5 Å². The highest BCUT2D eigenvalue weighted by atomic mass is 16.5. The van der Waals surface area contributed by atoms with E-state index in [2.05, 4.69) is 10.1 Å². The molecule has 3 rings (SSSR count). The molecule has 0 saturated heterocycles. The molecule has 0 amide bonds. The molecular formula is C15H12N2O4. The van der Waals surface area contributed by atoms with Gasteiger partial charge in [-0.3, -0.25) is 0 Å². The lowest BCUT2D eigenvalue weighted by molar-refractivity contribution is 0.0472. The molecule has 0 bridgehead atoms. The van der Waals surface area contributed by atoms with Crippen molar-refractivity contribution in [3.63, 3.8) is 0 Å². The number of carbonyl (C=O) groups excluding carboxylic acids is 1. The van der Waals surface area contributed by atoms with Crippen LogP contribution >= 0.6 is 0 Å². The Bertz CT molecular complexity index is 729. The normalized spacial score (nSPS) is 10.5. The summed E-state index contributed by atoms with van der Waals surface area (Å²) < 4.78 is 15.1. The van der Waals surface area contributed by atoms with Gasteiger partial charge in [-0.05, 0) is 37.3 Å². The van der Waals surface area contributed by atoms with Gasteiger partial charge in [-0.25, -0.2) is 4.79 Å². The second-order valence-electron chi connectivity index (χ2n) is 4.43. The third-order valence-electron chi connectivity index (χ3n) is 2.85. The van der Waals surface area contributed by atoms with E-state index in [4.69, 9.17) is 13.7 Å². The number of nitrogens with zero attached hydrogens (tertiary/aromatic N) is 2. The first-order chi connectivity index (χ1) is 10.2. The van der Waals surface area contributed by atoms with Gasteiger partial charge in [-0.15, -0.1) is 0 Å². The second-order valence-corrected chi connectivity index (χ2v) is 4.43. The molecule has 6 nitrogen and oxygen atoms in total. The fourth-order valence-corrected chi connectivity index (χ4v) is 1.77. The van der Waals surface area contributed by atoms with E-state index < -0.39 is 5.97 Å². The highest BCUT2D eigenvalue weighted by Crippen LogP contribution is 2.18. The van der Waals surface area contributed by atoms with Gasteiger partial charge in [0, 0.05) is 11.1 Å². The van der Waals surface area contributed by atoms with E-state index in [0.29, 0.717) is 17.3 Å². The van der Waals surface area contributed by atoms with E-state index in [1.807, 2.05) is 0 Å². The summed E-state index contributed by atoms with van der Waals surface area (Å²) in [6, 6.07) is 8.54. The summed E-state index contributed by atoms with van der Waals surface area (Å²) in [7, 11) is 0. The van der Waals surface area contributed by atoms with Crippen LogP contribution in [0.2, 0.25) is 0 Å². The predicted molar refractivity (Wildman–Crippen MR) is 72.3 cm³/mol. The van der Waals surface area contributed by atoms with E-state index >= 15 is 0 Å². The minimum absolute atomic E-state index is 0.180. The first-order valence-corrected chi connectivity index (χ1v) is 6.31. The molecule has 0 radical (unpaired) electrons. The topological polar surface area (TPSA) is 78.4 Å². The third-order valence-corrected chi connectivity index (χ3v) is 2.85. The van der Waals surface area contributed by atoms with E-state index in [-0.39, 0.29) is 6.61 Å². The van der Waals surface area contributed by atoms with Gasteiger partial charge in [0.05, 0.1) is 18.1 Å². The molecule has 106 valence electrons. The number of esters is 1. The standard InChI is InChI=1S/C15H12N2O4/c1-10-16-14(21-17-10)12-2-4-13(5-3-12)15(18)20-9-11-6-7-19-8-11/h2-8H,9H2,1H3. The molecule has 0 aliphatic rings. The number of rotatable bonds is 4. The Morgan fingerprint density at radius 1 is 1.24 bits per heavy atom. The Morgan fingerprint density at radius 3 is 2.67 bits per heavy atom. The molecule has 0 N–H and O–H groups in total. The number of furan rings is 1. The third kappa shape index (κ3) is 3.00. The SMILES string of the molecule is Cc1noc(-c2ccc(C(=O)OCc3ccoc3)cc2)n1. The summed E-state index contributed by atoms with van der Waals surface area (Å²) in [5.41, 5.74) is 2.02. The van der Waals surface area contributed by atoms with Crippen LogP contribution in [0.25, 0.3) is 11.5 Å². The van der Waals surface area contributed by atoms with Crippen LogP contribution in [-0.4, -0.2) is 16.1 Å². The quantitative estimate of drug-likeness (QED) is 0.685. The van der Waals surface area contributed by atoms with Crippen LogP contribution in [0, 0.1) is 6.92 Å². The zero-order chi connectivity index (χ0) is 14.7. The molecule has 0 saturated carbocycles. The lowest BCUT2D eigenvalue weighted by atomic mass is 10.1. The smallest absolute Gasteiger partial charge is 0.338 e. The Morgan fingerprint density at radius 2 is 2.05 bits per heavy atom. The zero-order valence-corrected chi connectivity index (χ0v) is 11.3. The molecule has 2 aromatic heterocycles. The summed E-state index contributed by atoms with van der Waals surface area (Å²) in [6.45, 7) is 1.93. The van der Waals surface area contributed by atoms with Crippen LogP contribution < -0.4 is 0 Å². The van der Waals surface area contributed by atoms with Crippen LogP contribution in [0.15, 0.2) is 51.8 Å². The van der Waals surface area contributed by atoms with Gasteiger partial charge in [-0.2, -0.15) is 4.98 Å². The van der Waals surface area contributed by atoms with Crippen molar-refractivity contribution in [1.29, 1.82) is 0 Å². The van der Waals surface area contributed by atoms with Crippen molar-refractivity contribution in [2.75, 3.05) is 0 Å². The molecular weight excluding hydrogens is 272 g/mol. The fourth-order valence-electron chi connectivity index (χ4n) is 1.77. The number of carbonyl (C=O) groups is 1. The van der Waals surface area contributed by atoms with E-state index in [0.717, 1.165) is 11.1 Å². The van der Waals surface area contributed by atoms with Gasteiger partial charge in [0.1, 0.15) is 6.61 Å². The molecule has 0 spiro atoms. The lowest BCUT2D eigenvalue weighted by Crippen LogP contribution is -2.04. The monoisotopic (exact) mass is 284 g/mol. The number of hydrogen-bond donors (Lipinski definition) is 0. The maximum atomic E-state index is 11.9. The first kappa shape index (κ1) is 13.1. The van der Waals surface area contributed by atoms with Gasteiger partial charge >= 0.3 is 5.97 Å². The highest BCUT2D eigenvalue weighted by Gasteiger charge is 2.10. The fraction of sp³-hybridized carbons (Fsp3) is 0.133. The van der Waals surface area contributed by atoms with Gasteiger partial charge in [0.15, 0.2) is 5.82 Å². The zero-order valence-electron chi connectivity index (χ0n) is 11.3. The van der Waals surface area contributed by atoms with Gasteiger partial charge in [0.25, 0.3) is 5.89 Å². The Kier molecular flexibility index (Phi) is 3.51. The van der Waals surface area contributed by atoms with E-state index in [9.17, 15) is 4.79 Å². The minimum atomic E-state index is -0.399. The predicted octanol–water partition coefficient (Wildman–Crippen LogP) is 3.00. The molecule has 0 fully saturated rings. The van der Waals surface area contributed by atoms with Gasteiger partial charge in [-0.1, -0.05) is 5.16 Å². The lowest BCUT2D eigenvalue weighted by Gasteiger charge is -2.03. The summed E-state index contributed by atoms with van der Waals surface area (Å²) in [6.07, 6.45) is 3.07. The van der Waals surface area contributed by atoms with Crippen molar-refractivity contribution in [2.45, 2.75) is 13.5 Å². The van der Waals surface area contributed by atoms with Gasteiger partial charge < -0.3 is 13.7 Å². The highest BCUT2D eigenvalue weighted by molar-refractivity contribution is 5.89. The molecule has 0 unspecified atom stereocenters. The van der Waals surface area contributed by atoms with E-state index in [1.54, 1.807) is 37.3 Å². The minimum Gasteiger partial charge on any atom is -0.472 e. The van der Waals surface area contributed by atoms with Crippen LogP contribution in [0.5, 0.6) is 0 Å². The molecule has 0 aliphatic heterocycles. The molecule has 3 aromatic rings. The Labute approximate surface area is 120 Å². The van der Waals surface area contributed by atoms with Crippen LogP contribution in [0.1, 0.15) is 21.7 Å². The number of hydrogen-bond acceptors (Lipinski definition) is 6. The average Bonchev–Trinajstić information content (AvgIpc) is 3.16. The summed E-state index contributed by atoms with van der Waals surface area (Å²) in [5, 5.41) is 3.72. The van der Waals surface area contributed by atoms with Crippen LogP contribution in [0.3, 0.4) is 0 Å². The Balaban J connectivity index is 1.67. The van der Waals surface area contributed by atoms with Crippen molar-refractivity contribution in [2.24, 2.45) is 0 Å². The molecule has 6 heteroatoms. The average molecular weight is 284 g/mol. The summed E-state index contributed by atoms with van der Waals surface area (Å²) >= 11 is 0. The molecule has 2 heterocycles. The van der Waals surface area contributed by atoms with Crippen molar-refractivity contribution >= 4 is 5.97 Å². The summed E-state index contributed by atoms with van der Waals surface area (Å²) in [5.74, 6) is 0.587. The number of aryl methyl sites for hydroxylation is 1. The molecule has 21 heavy (non-hydrogen) atoms. The van der Waals surface area contributed by atoms with Crippen molar-refractivity contribution in [1.82, 2.24) is 10.1 Å². The number of benzene rings is 1. The van der Waals surface area contributed by atoms with Crippen molar-refractivity contribution in [3.05, 3.63) is 59.8 Å². The van der Waals surface area contributed by atoms with Gasteiger partial charge in [0.2, 0.25) is 0 Å². The summed E-state index contributed by atoms with van der Waals surface area (Å²) in [4.78, 5) is 16.0.